The topological polar surface area (TPSA) is 26.3 Å². The maximum Gasteiger partial charge on any atom is 0.171 e. The van der Waals surface area contributed by atoms with E-state index in [1.54, 1.807) is 13.8 Å². The molecular weight excluding hydrogens is 116 g/mol. The van der Waals surface area contributed by atoms with E-state index < -0.39 is 6.10 Å². The van der Waals surface area contributed by atoms with Crippen molar-refractivity contribution in [2.45, 2.75) is 26.9 Å². The SMILES string of the molecule is CC#COC(C)C(C)=O. The summed E-state index contributed by atoms with van der Waals surface area (Å²) in [7, 11) is 0. The van der Waals surface area contributed by atoms with E-state index in [-0.39, 0.29) is 5.78 Å². The molecule has 0 aromatic heterocycles. The first-order valence-electron chi connectivity index (χ1n) is 2.76. The second kappa shape index (κ2) is 3.96. The largest absolute Gasteiger partial charge is 0.436 e. The average molecular weight is 126 g/mol. The Kier molecular flexibility index (Phi) is 3.54. The molecule has 50 valence electrons. The van der Waals surface area contributed by atoms with Gasteiger partial charge in [0.25, 0.3) is 0 Å². The summed E-state index contributed by atoms with van der Waals surface area (Å²) in [5.41, 5.74) is 0. The van der Waals surface area contributed by atoms with Crippen molar-refractivity contribution in [3.05, 3.63) is 0 Å². The van der Waals surface area contributed by atoms with Crippen LogP contribution in [0.25, 0.3) is 0 Å². The van der Waals surface area contributed by atoms with Crippen molar-refractivity contribution in [3.63, 3.8) is 0 Å². The van der Waals surface area contributed by atoms with E-state index in [0.29, 0.717) is 0 Å². The maximum absolute atomic E-state index is 10.5. The van der Waals surface area contributed by atoms with Crippen LogP contribution in [0.1, 0.15) is 20.8 Å². The van der Waals surface area contributed by atoms with Crippen LogP contribution in [0, 0.1) is 12.0 Å². The molecule has 0 aliphatic carbocycles. The minimum atomic E-state index is -0.391. The van der Waals surface area contributed by atoms with Gasteiger partial charge in [0.2, 0.25) is 0 Å². The zero-order valence-electron chi connectivity index (χ0n) is 5.89. The van der Waals surface area contributed by atoms with Gasteiger partial charge < -0.3 is 4.74 Å². The number of hydrogen-bond acceptors (Lipinski definition) is 2. The van der Waals surface area contributed by atoms with Gasteiger partial charge in [0.1, 0.15) is 6.11 Å². The lowest BCUT2D eigenvalue weighted by Gasteiger charge is -2.01. The highest BCUT2D eigenvalue weighted by atomic mass is 16.5. The number of hydrogen-bond donors (Lipinski definition) is 0. The van der Waals surface area contributed by atoms with Crippen molar-refractivity contribution in [2.75, 3.05) is 0 Å². The van der Waals surface area contributed by atoms with Crippen molar-refractivity contribution >= 4 is 5.78 Å². The Morgan fingerprint density at radius 3 is 2.56 bits per heavy atom. The zero-order chi connectivity index (χ0) is 7.28. The average Bonchev–Trinajstić information content (AvgIpc) is 1.82. The molecule has 1 unspecified atom stereocenters. The van der Waals surface area contributed by atoms with Crippen LogP contribution >= 0.6 is 0 Å². The van der Waals surface area contributed by atoms with Gasteiger partial charge >= 0.3 is 0 Å². The lowest BCUT2D eigenvalue weighted by Crippen LogP contribution is -2.14. The Morgan fingerprint density at radius 1 is 1.67 bits per heavy atom. The molecule has 0 N–H and O–H groups in total. The lowest BCUT2D eigenvalue weighted by molar-refractivity contribution is -0.123. The summed E-state index contributed by atoms with van der Waals surface area (Å²) < 4.78 is 4.74. The smallest absolute Gasteiger partial charge is 0.171 e. The van der Waals surface area contributed by atoms with E-state index in [1.807, 2.05) is 0 Å². The summed E-state index contributed by atoms with van der Waals surface area (Å²) in [6.07, 6.45) is 1.97. The van der Waals surface area contributed by atoms with E-state index in [4.69, 9.17) is 4.74 Å². The molecule has 0 radical (unpaired) electrons. The van der Waals surface area contributed by atoms with E-state index in [2.05, 4.69) is 12.0 Å². The minimum absolute atomic E-state index is 0.00208. The predicted octanol–water partition coefficient (Wildman–Crippen LogP) is 0.961. The monoisotopic (exact) mass is 126 g/mol. The van der Waals surface area contributed by atoms with Crippen LogP contribution in [-0.2, 0) is 9.53 Å². The Balaban J connectivity index is 3.59. The van der Waals surface area contributed by atoms with Crippen LogP contribution < -0.4 is 0 Å². The highest BCUT2D eigenvalue weighted by molar-refractivity contribution is 5.80. The molecule has 0 bridgehead atoms. The van der Waals surface area contributed by atoms with Gasteiger partial charge in [-0.05, 0) is 13.8 Å². The van der Waals surface area contributed by atoms with Gasteiger partial charge in [0, 0.05) is 6.92 Å². The number of ether oxygens (including phenoxy) is 1. The molecule has 1 atom stereocenters. The second-order valence-electron chi connectivity index (χ2n) is 1.72. The highest BCUT2D eigenvalue weighted by Crippen LogP contribution is 1.88. The predicted molar refractivity (Wildman–Crippen MR) is 34.7 cm³/mol. The fraction of sp³-hybridized carbons (Fsp3) is 0.571. The summed E-state index contributed by atoms with van der Waals surface area (Å²) in [5, 5.41) is 0. The molecule has 0 aliphatic rings. The Labute approximate surface area is 55.2 Å². The van der Waals surface area contributed by atoms with Gasteiger partial charge in [-0.2, -0.15) is 0 Å². The van der Waals surface area contributed by atoms with Gasteiger partial charge in [-0.15, -0.1) is 0 Å². The fourth-order valence-electron chi connectivity index (χ4n) is 0.230. The van der Waals surface area contributed by atoms with Gasteiger partial charge in [0.15, 0.2) is 11.9 Å². The summed E-state index contributed by atoms with van der Waals surface area (Å²) in [6.45, 7) is 4.81. The van der Waals surface area contributed by atoms with E-state index in [0.717, 1.165) is 0 Å². The van der Waals surface area contributed by atoms with Crippen LogP contribution in [-0.4, -0.2) is 11.9 Å². The number of carbonyl (C=O) groups excluding carboxylic acids is 1. The van der Waals surface area contributed by atoms with Gasteiger partial charge in [-0.3, -0.25) is 4.79 Å². The Morgan fingerprint density at radius 2 is 2.22 bits per heavy atom. The fourth-order valence-corrected chi connectivity index (χ4v) is 0.230. The van der Waals surface area contributed by atoms with Crippen molar-refractivity contribution < 1.29 is 9.53 Å². The molecule has 0 aromatic carbocycles. The molecule has 0 rings (SSSR count). The first-order chi connectivity index (χ1) is 4.18. The van der Waals surface area contributed by atoms with E-state index >= 15 is 0 Å². The van der Waals surface area contributed by atoms with Crippen LogP contribution in [0.4, 0.5) is 0 Å². The maximum atomic E-state index is 10.5. The van der Waals surface area contributed by atoms with Crippen LogP contribution in [0.2, 0.25) is 0 Å². The Bertz CT molecular complexity index is 150. The quantitative estimate of drug-likeness (QED) is 0.515. The third-order valence-electron chi connectivity index (χ3n) is 0.910. The molecule has 0 saturated heterocycles. The van der Waals surface area contributed by atoms with Crippen LogP contribution in [0.5, 0.6) is 0 Å². The van der Waals surface area contributed by atoms with Crippen molar-refractivity contribution in [1.82, 2.24) is 0 Å². The summed E-state index contributed by atoms with van der Waals surface area (Å²) in [4.78, 5) is 10.5. The first kappa shape index (κ1) is 8.03. The molecule has 0 aromatic rings. The Hall–Kier alpha value is -0.970. The van der Waals surface area contributed by atoms with Crippen LogP contribution in [0.15, 0.2) is 0 Å². The van der Waals surface area contributed by atoms with E-state index in [1.165, 1.54) is 6.92 Å². The molecule has 9 heavy (non-hydrogen) atoms. The molecule has 0 heterocycles. The molecule has 0 fully saturated rings. The summed E-state index contributed by atoms with van der Waals surface area (Å²) >= 11 is 0. The number of carbonyl (C=O) groups is 1. The lowest BCUT2D eigenvalue weighted by atomic mass is 10.3. The van der Waals surface area contributed by atoms with Crippen molar-refractivity contribution in [3.8, 4) is 12.0 Å². The van der Waals surface area contributed by atoms with Gasteiger partial charge in [0.05, 0.1) is 0 Å². The molecule has 0 saturated carbocycles. The molecule has 2 nitrogen and oxygen atoms in total. The molecule has 0 amide bonds. The normalized spacial score (nSPS) is 11.0. The van der Waals surface area contributed by atoms with E-state index in [9.17, 15) is 4.79 Å². The highest BCUT2D eigenvalue weighted by Gasteiger charge is 2.04. The molecule has 0 spiro atoms. The number of rotatable bonds is 2. The minimum Gasteiger partial charge on any atom is -0.436 e. The van der Waals surface area contributed by atoms with Crippen molar-refractivity contribution in [1.29, 1.82) is 0 Å². The summed E-state index contributed by atoms with van der Waals surface area (Å²) in [5.74, 6) is 2.53. The zero-order valence-corrected chi connectivity index (χ0v) is 5.89. The van der Waals surface area contributed by atoms with Crippen LogP contribution in [0.3, 0.4) is 0 Å². The number of Topliss-reactive ketones (excluding diaryl/α,β-unsaturated/α-hetero) is 1. The third kappa shape index (κ3) is 3.60. The molecule has 2 heteroatoms. The number of ketones is 1. The van der Waals surface area contributed by atoms with Crippen molar-refractivity contribution in [2.24, 2.45) is 0 Å². The third-order valence-corrected chi connectivity index (χ3v) is 0.910. The summed E-state index contributed by atoms with van der Waals surface area (Å²) in [6, 6.07) is 0. The molecule has 0 aliphatic heterocycles. The first-order valence-corrected chi connectivity index (χ1v) is 2.76. The van der Waals surface area contributed by atoms with Gasteiger partial charge in [-0.1, -0.05) is 5.92 Å². The standard InChI is InChI=1S/C7H10O2/c1-4-5-9-7(3)6(2)8/h7H,1-3H3. The molecular formula is C7H10O2. The second-order valence-corrected chi connectivity index (χ2v) is 1.72. The van der Waals surface area contributed by atoms with Gasteiger partial charge in [-0.25, -0.2) is 0 Å².